The molecule has 0 radical (unpaired) electrons. The maximum Gasteiger partial charge on any atom is 0.336 e. The van der Waals surface area contributed by atoms with Gasteiger partial charge in [-0.3, -0.25) is 5.10 Å². The van der Waals surface area contributed by atoms with Crippen molar-refractivity contribution in [3.8, 4) is 11.5 Å². The van der Waals surface area contributed by atoms with Gasteiger partial charge in [0.25, 0.3) is 0 Å². The van der Waals surface area contributed by atoms with Crippen LogP contribution in [-0.4, -0.2) is 36.0 Å². The highest BCUT2D eigenvalue weighted by atomic mass is 16.6. The number of ether oxygens (including phenoxy) is 3. The normalized spacial score (nSPS) is 17.9. The van der Waals surface area contributed by atoms with Gasteiger partial charge >= 0.3 is 5.97 Å². The second-order valence-corrected chi connectivity index (χ2v) is 6.52. The number of H-pyrrole nitrogens is 1. The van der Waals surface area contributed by atoms with Crippen LogP contribution in [0.4, 0.5) is 5.82 Å². The van der Waals surface area contributed by atoms with Crippen LogP contribution in [0.25, 0.3) is 0 Å². The van der Waals surface area contributed by atoms with Crippen molar-refractivity contribution in [2.45, 2.75) is 32.6 Å². The summed E-state index contributed by atoms with van der Waals surface area (Å²) in [5.74, 6) is 1.65. The van der Waals surface area contributed by atoms with Crippen LogP contribution >= 0.6 is 0 Å². The first kappa shape index (κ1) is 17.5. The molecule has 7 nitrogen and oxygen atoms in total. The fourth-order valence-corrected chi connectivity index (χ4v) is 3.65. The van der Waals surface area contributed by atoms with E-state index in [-0.39, 0.29) is 11.9 Å². The van der Waals surface area contributed by atoms with Gasteiger partial charge in [0.1, 0.15) is 19.0 Å². The van der Waals surface area contributed by atoms with Crippen LogP contribution < -0.4 is 14.8 Å². The SMILES string of the molecule is CCCC1=C(C(=O)OCC)C(c2ccc3c(c2)OCCO3)c2cn[nH]c2N1. The van der Waals surface area contributed by atoms with Gasteiger partial charge in [0, 0.05) is 17.2 Å². The number of esters is 1. The second kappa shape index (κ2) is 7.34. The topological polar surface area (TPSA) is 85.5 Å². The summed E-state index contributed by atoms with van der Waals surface area (Å²) >= 11 is 0. The Hall–Kier alpha value is -2.96. The molecule has 1 aromatic carbocycles. The van der Waals surface area contributed by atoms with E-state index in [1.807, 2.05) is 25.1 Å². The monoisotopic (exact) mass is 369 g/mol. The fraction of sp³-hybridized carbons (Fsp3) is 0.400. The number of aromatic nitrogens is 2. The summed E-state index contributed by atoms with van der Waals surface area (Å²) in [7, 11) is 0. The first-order valence-electron chi connectivity index (χ1n) is 9.32. The minimum absolute atomic E-state index is 0.281. The van der Waals surface area contributed by atoms with Gasteiger partial charge in [-0.25, -0.2) is 4.79 Å². The molecule has 0 saturated carbocycles. The number of aromatic amines is 1. The second-order valence-electron chi connectivity index (χ2n) is 6.52. The zero-order valence-corrected chi connectivity index (χ0v) is 15.5. The zero-order valence-electron chi connectivity index (χ0n) is 15.5. The minimum Gasteiger partial charge on any atom is -0.486 e. The van der Waals surface area contributed by atoms with Crippen molar-refractivity contribution in [2.24, 2.45) is 0 Å². The molecule has 4 rings (SSSR count). The number of carbonyl (C=O) groups excluding carboxylic acids is 1. The van der Waals surface area contributed by atoms with E-state index in [4.69, 9.17) is 14.2 Å². The Morgan fingerprint density at radius 2 is 2.07 bits per heavy atom. The number of nitrogens with one attached hydrogen (secondary N) is 2. The number of carbonyl (C=O) groups is 1. The van der Waals surface area contributed by atoms with E-state index in [2.05, 4.69) is 22.4 Å². The molecular weight excluding hydrogens is 346 g/mol. The number of fused-ring (bicyclic) bond motifs is 2. The summed E-state index contributed by atoms with van der Waals surface area (Å²) in [5, 5.41) is 10.5. The van der Waals surface area contributed by atoms with Gasteiger partial charge in [-0.2, -0.15) is 5.10 Å². The van der Waals surface area contributed by atoms with Crippen molar-refractivity contribution in [1.82, 2.24) is 10.2 Å². The molecule has 0 spiro atoms. The highest BCUT2D eigenvalue weighted by Gasteiger charge is 2.35. The predicted molar refractivity (Wildman–Crippen MR) is 100 cm³/mol. The molecule has 2 aliphatic heterocycles. The lowest BCUT2D eigenvalue weighted by molar-refractivity contribution is -0.138. The summed E-state index contributed by atoms with van der Waals surface area (Å²) in [5.41, 5.74) is 3.35. The van der Waals surface area contributed by atoms with Gasteiger partial charge in [0.15, 0.2) is 11.5 Å². The van der Waals surface area contributed by atoms with Crippen LogP contribution in [0.5, 0.6) is 11.5 Å². The van der Waals surface area contributed by atoms with E-state index in [1.165, 1.54) is 0 Å². The van der Waals surface area contributed by atoms with Crippen LogP contribution in [0.3, 0.4) is 0 Å². The number of nitrogens with zero attached hydrogens (tertiary/aromatic N) is 1. The molecule has 1 unspecified atom stereocenters. The Bertz CT molecular complexity index is 887. The molecular formula is C20H23N3O4. The van der Waals surface area contributed by atoms with E-state index in [1.54, 1.807) is 6.20 Å². The Labute approximate surface area is 157 Å². The van der Waals surface area contributed by atoms with Gasteiger partial charge < -0.3 is 19.5 Å². The Balaban J connectivity index is 1.85. The van der Waals surface area contributed by atoms with E-state index in [9.17, 15) is 4.79 Å². The number of hydrogen-bond acceptors (Lipinski definition) is 6. The van der Waals surface area contributed by atoms with Crippen molar-refractivity contribution in [3.63, 3.8) is 0 Å². The number of allylic oxidation sites excluding steroid dienone is 1. The molecule has 2 aromatic rings. The Kier molecular flexibility index (Phi) is 4.75. The molecule has 0 amide bonds. The maximum atomic E-state index is 12.9. The third kappa shape index (κ3) is 3.13. The van der Waals surface area contributed by atoms with Crippen LogP contribution in [0.15, 0.2) is 35.7 Å². The number of benzene rings is 1. The zero-order chi connectivity index (χ0) is 18.8. The molecule has 1 atom stereocenters. The van der Waals surface area contributed by atoms with E-state index in [0.717, 1.165) is 41.2 Å². The molecule has 142 valence electrons. The van der Waals surface area contributed by atoms with Crippen LogP contribution in [0, 0.1) is 0 Å². The summed E-state index contributed by atoms with van der Waals surface area (Å²) in [4.78, 5) is 12.9. The van der Waals surface area contributed by atoms with Gasteiger partial charge in [0.05, 0.1) is 18.4 Å². The van der Waals surface area contributed by atoms with Gasteiger partial charge in [-0.1, -0.05) is 19.4 Å². The third-order valence-corrected chi connectivity index (χ3v) is 4.76. The Morgan fingerprint density at radius 3 is 2.85 bits per heavy atom. The number of hydrogen-bond donors (Lipinski definition) is 2. The molecule has 0 aliphatic carbocycles. The predicted octanol–water partition coefficient (Wildman–Crippen LogP) is 3.36. The number of rotatable bonds is 5. The number of anilines is 1. The summed E-state index contributed by atoms with van der Waals surface area (Å²) in [6, 6.07) is 5.82. The molecule has 3 heterocycles. The molecule has 27 heavy (non-hydrogen) atoms. The van der Waals surface area contributed by atoms with Gasteiger partial charge in [-0.05, 0) is 31.0 Å². The van der Waals surface area contributed by atoms with Gasteiger partial charge in [0.2, 0.25) is 0 Å². The van der Waals surface area contributed by atoms with Crippen molar-refractivity contribution in [3.05, 3.63) is 46.8 Å². The van der Waals surface area contributed by atoms with Crippen molar-refractivity contribution >= 4 is 11.8 Å². The summed E-state index contributed by atoms with van der Waals surface area (Å²) in [6.07, 6.45) is 3.40. The molecule has 2 aliphatic rings. The van der Waals surface area contributed by atoms with Gasteiger partial charge in [-0.15, -0.1) is 0 Å². The molecule has 2 N–H and O–H groups in total. The highest BCUT2D eigenvalue weighted by molar-refractivity contribution is 5.94. The minimum atomic E-state index is -0.305. The average molecular weight is 369 g/mol. The van der Waals surface area contributed by atoms with Crippen molar-refractivity contribution in [1.29, 1.82) is 0 Å². The van der Waals surface area contributed by atoms with Crippen LogP contribution in [0.2, 0.25) is 0 Å². The van der Waals surface area contributed by atoms with E-state index < -0.39 is 0 Å². The molecule has 7 heteroatoms. The summed E-state index contributed by atoms with van der Waals surface area (Å²) in [6.45, 7) is 5.28. The lowest BCUT2D eigenvalue weighted by Gasteiger charge is -2.29. The first-order chi connectivity index (χ1) is 13.2. The van der Waals surface area contributed by atoms with Crippen LogP contribution in [0.1, 0.15) is 43.7 Å². The largest absolute Gasteiger partial charge is 0.486 e. The smallest absolute Gasteiger partial charge is 0.336 e. The van der Waals surface area contributed by atoms with E-state index in [0.29, 0.717) is 31.1 Å². The highest BCUT2D eigenvalue weighted by Crippen LogP contribution is 2.44. The molecule has 0 fully saturated rings. The average Bonchev–Trinajstić information content (AvgIpc) is 3.15. The third-order valence-electron chi connectivity index (χ3n) is 4.76. The first-order valence-corrected chi connectivity index (χ1v) is 9.32. The van der Waals surface area contributed by atoms with Crippen LogP contribution in [-0.2, 0) is 9.53 Å². The maximum absolute atomic E-state index is 12.9. The fourth-order valence-electron chi connectivity index (χ4n) is 3.65. The molecule has 0 saturated heterocycles. The van der Waals surface area contributed by atoms with Crippen molar-refractivity contribution in [2.75, 3.05) is 25.1 Å². The standard InChI is InChI=1S/C20H23N3O4/c1-3-5-14-18(20(24)25-4-2)17(13-11-21-23-19(13)22-14)12-6-7-15-16(10-12)27-9-8-26-15/h6-7,10-11,17H,3-5,8-9H2,1-2H3,(H2,21,22,23). The summed E-state index contributed by atoms with van der Waals surface area (Å²) < 4.78 is 16.8. The van der Waals surface area contributed by atoms with E-state index >= 15 is 0 Å². The lowest BCUT2D eigenvalue weighted by atomic mass is 9.82. The molecule has 1 aromatic heterocycles. The Morgan fingerprint density at radius 1 is 1.26 bits per heavy atom. The molecule has 0 bridgehead atoms. The quantitative estimate of drug-likeness (QED) is 0.786. The van der Waals surface area contributed by atoms with Crippen molar-refractivity contribution < 1.29 is 19.0 Å². The lowest BCUT2D eigenvalue weighted by Crippen LogP contribution is -2.25.